The van der Waals surface area contributed by atoms with Gasteiger partial charge in [0.25, 0.3) is 0 Å². The molecule has 0 heterocycles. The highest BCUT2D eigenvalue weighted by atomic mass is 16.6. The van der Waals surface area contributed by atoms with E-state index in [1.165, 1.54) is 77.0 Å². The first-order valence-electron chi connectivity index (χ1n) is 17.0. The third kappa shape index (κ3) is 28.0. The molecule has 0 aliphatic carbocycles. The zero-order valence-corrected chi connectivity index (χ0v) is 26.6. The number of carbonyl (C=O) groups is 3. The molecule has 0 spiro atoms. The van der Waals surface area contributed by atoms with E-state index < -0.39 is 6.10 Å². The molecule has 0 N–H and O–H groups in total. The van der Waals surface area contributed by atoms with Crippen LogP contribution in [0.25, 0.3) is 0 Å². The predicted molar refractivity (Wildman–Crippen MR) is 164 cm³/mol. The summed E-state index contributed by atoms with van der Waals surface area (Å²) < 4.78 is 16.4. The van der Waals surface area contributed by atoms with Crippen LogP contribution in [0.2, 0.25) is 0 Å². The standard InChI is InChI=1S/C34H64O6/c1-4-7-10-13-15-16-17-18-19-22-24-27-33(36)39-30-31(29-38-32(35)26-23-20-12-9-6-3)40-34(37)28-25-21-14-11-8-5-2/h31H,4-30H2,1-3H3. The summed E-state index contributed by atoms with van der Waals surface area (Å²) in [6, 6.07) is 0. The molecule has 6 heteroatoms. The number of ether oxygens (including phenoxy) is 3. The molecule has 0 radical (unpaired) electrons. The number of hydrogen-bond acceptors (Lipinski definition) is 6. The summed E-state index contributed by atoms with van der Waals surface area (Å²) in [5.74, 6) is -0.895. The van der Waals surface area contributed by atoms with Gasteiger partial charge in [-0.3, -0.25) is 14.4 Å². The van der Waals surface area contributed by atoms with Crippen molar-refractivity contribution in [3.63, 3.8) is 0 Å². The van der Waals surface area contributed by atoms with Gasteiger partial charge in [0, 0.05) is 19.3 Å². The first-order chi connectivity index (χ1) is 19.5. The van der Waals surface area contributed by atoms with E-state index >= 15 is 0 Å². The van der Waals surface area contributed by atoms with Gasteiger partial charge in [-0.05, 0) is 19.3 Å². The lowest BCUT2D eigenvalue weighted by Gasteiger charge is -2.18. The first-order valence-corrected chi connectivity index (χ1v) is 17.0. The molecule has 0 amide bonds. The molecule has 0 saturated carbocycles. The third-order valence-electron chi connectivity index (χ3n) is 7.36. The molecule has 0 aliphatic heterocycles. The van der Waals surface area contributed by atoms with E-state index in [0.29, 0.717) is 19.3 Å². The summed E-state index contributed by atoms with van der Waals surface area (Å²) in [6.45, 7) is 6.45. The fraction of sp³-hybridized carbons (Fsp3) is 0.912. The fourth-order valence-electron chi connectivity index (χ4n) is 4.73. The van der Waals surface area contributed by atoms with E-state index in [2.05, 4.69) is 20.8 Å². The van der Waals surface area contributed by atoms with Crippen LogP contribution in [0, 0.1) is 0 Å². The monoisotopic (exact) mass is 568 g/mol. The van der Waals surface area contributed by atoms with E-state index in [4.69, 9.17) is 14.2 Å². The molecule has 0 bridgehead atoms. The summed E-state index contributed by atoms with van der Waals surface area (Å²) in [5, 5.41) is 0. The van der Waals surface area contributed by atoms with Crippen molar-refractivity contribution in [1.29, 1.82) is 0 Å². The molecule has 0 aliphatic rings. The van der Waals surface area contributed by atoms with Gasteiger partial charge in [-0.1, -0.05) is 143 Å². The molecular weight excluding hydrogens is 504 g/mol. The van der Waals surface area contributed by atoms with Crippen molar-refractivity contribution >= 4 is 17.9 Å². The number of carbonyl (C=O) groups excluding carboxylic acids is 3. The topological polar surface area (TPSA) is 78.9 Å². The number of rotatable bonds is 30. The van der Waals surface area contributed by atoms with Crippen molar-refractivity contribution < 1.29 is 28.6 Å². The van der Waals surface area contributed by atoms with Crippen LogP contribution in [-0.4, -0.2) is 37.2 Å². The zero-order chi connectivity index (χ0) is 29.5. The predicted octanol–water partition coefficient (Wildman–Crippen LogP) is 9.80. The molecule has 40 heavy (non-hydrogen) atoms. The SMILES string of the molecule is CCCCCCCCCCCCCC(=O)OCC(COC(=O)CCCCCCC)OC(=O)CCCCCCCC. The van der Waals surface area contributed by atoms with Crippen molar-refractivity contribution in [3.8, 4) is 0 Å². The molecule has 1 atom stereocenters. The van der Waals surface area contributed by atoms with Crippen LogP contribution in [0.4, 0.5) is 0 Å². The van der Waals surface area contributed by atoms with Gasteiger partial charge < -0.3 is 14.2 Å². The Kier molecular flexibility index (Phi) is 29.2. The van der Waals surface area contributed by atoms with E-state index in [1.54, 1.807) is 0 Å². The molecule has 0 fully saturated rings. The molecule has 0 rings (SSSR count). The highest BCUT2D eigenvalue weighted by Gasteiger charge is 2.19. The van der Waals surface area contributed by atoms with Crippen molar-refractivity contribution in [2.45, 2.75) is 187 Å². The minimum absolute atomic E-state index is 0.0666. The minimum Gasteiger partial charge on any atom is -0.462 e. The quantitative estimate of drug-likeness (QED) is 0.0487. The van der Waals surface area contributed by atoms with Crippen molar-refractivity contribution in [3.05, 3.63) is 0 Å². The molecule has 6 nitrogen and oxygen atoms in total. The Morgan fingerprint density at radius 1 is 0.400 bits per heavy atom. The zero-order valence-electron chi connectivity index (χ0n) is 26.6. The largest absolute Gasteiger partial charge is 0.462 e. The second-order valence-electron chi connectivity index (χ2n) is 11.4. The number of unbranched alkanes of at least 4 members (excludes halogenated alkanes) is 19. The van der Waals surface area contributed by atoms with Crippen LogP contribution in [0.5, 0.6) is 0 Å². The van der Waals surface area contributed by atoms with Crippen LogP contribution in [-0.2, 0) is 28.6 Å². The summed E-state index contributed by atoms with van der Waals surface area (Å²) >= 11 is 0. The van der Waals surface area contributed by atoms with Gasteiger partial charge in [0.1, 0.15) is 13.2 Å². The van der Waals surface area contributed by atoms with Gasteiger partial charge >= 0.3 is 17.9 Å². The third-order valence-corrected chi connectivity index (χ3v) is 7.36. The Hall–Kier alpha value is -1.59. The number of esters is 3. The lowest BCUT2D eigenvalue weighted by molar-refractivity contribution is -0.167. The smallest absolute Gasteiger partial charge is 0.306 e. The Morgan fingerprint density at radius 3 is 1.00 bits per heavy atom. The Bertz CT molecular complexity index is 591. The van der Waals surface area contributed by atoms with Crippen LogP contribution in [0.3, 0.4) is 0 Å². The number of hydrogen-bond donors (Lipinski definition) is 0. The highest BCUT2D eigenvalue weighted by Crippen LogP contribution is 2.13. The maximum Gasteiger partial charge on any atom is 0.306 e. The van der Waals surface area contributed by atoms with E-state index in [9.17, 15) is 14.4 Å². The van der Waals surface area contributed by atoms with Gasteiger partial charge in [0.05, 0.1) is 0 Å². The van der Waals surface area contributed by atoms with E-state index in [-0.39, 0.29) is 31.1 Å². The van der Waals surface area contributed by atoms with Crippen molar-refractivity contribution in [1.82, 2.24) is 0 Å². The fourth-order valence-corrected chi connectivity index (χ4v) is 4.73. The normalized spacial score (nSPS) is 11.8. The molecular formula is C34H64O6. The van der Waals surface area contributed by atoms with Crippen LogP contribution < -0.4 is 0 Å². The average Bonchev–Trinajstić information content (AvgIpc) is 2.94. The average molecular weight is 569 g/mol. The Balaban J connectivity index is 4.25. The second kappa shape index (κ2) is 30.4. The van der Waals surface area contributed by atoms with Gasteiger partial charge in [0.15, 0.2) is 6.10 Å². The maximum atomic E-state index is 12.4. The highest BCUT2D eigenvalue weighted by molar-refractivity contribution is 5.71. The second-order valence-corrected chi connectivity index (χ2v) is 11.4. The van der Waals surface area contributed by atoms with E-state index in [1.807, 2.05) is 0 Å². The molecule has 1 unspecified atom stereocenters. The lowest BCUT2D eigenvalue weighted by Crippen LogP contribution is -2.30. The van der Waals surface area contributed by atoms with Crippen LogP contribution >= 0.6 is 0 Å². The summed E-state index contributed by atoms with van der Waals surface area (Å²) in [6.07, 6.45) is 25.6. The lowest BCUT2D eigenvalue weighted by atomic mass is 10.1. The van der Waals surface area contributed by atoms with Crippen molar-refractivity contribution in [2.75, 3.05) is 13.2 Å². The summed E-state index contributed by atoms with van der Waals surface area (Å²) in [7, 11) is 0. The van der Waals surface area contributed by atoms with Gasteiger partial charge in [-0.25, -0.2) is 0 Å². The maximum absolute atomic E-state index is 12.4. The minimum atomic E-state index is -0.752. The van der Waals surface area contributed by atoms with Gasteiger partial charge in [-0.15, -0.1) is 0 Å². The Morgan fingerprint density at radius 2 is 0.675 bits per heavy atom. The van der Waals surface area contributed by atoms with Gasteiger partial charge in [0.2, 0.25) is 0 Å². The summed E-state index contributed by atoms with van der Waals surface area (Å²) in [4.78, 5) is 36.8. The molecule has 0 aromatic rings. The molecule has 0 aromatic carbocycles. The van der Waals surface area contributed by atoms with Gasteiger partial charge in [-0.2, -0.15) is 0 Å². The van der Waals surface area contributed by atoms with Crippen LogP contribution in [0.1, 0.15) is 181 Å². The Labute approximate surface area is 247 Å². The van der Waals surface area contributed by atoms with Crippen LogP contribution in [0.15, 0.2) is 0 Å². The van der Waals surface area contributed by atoms with E-state index in [0.717, 1.165) is 64.2 Å². The van der Waals surface area contributed by atoms with Crippen molar-refractivity contribution in [2.24, 2.45) is 0 Å². The molecule has 236 valence electrons. The molecule has 0 saturated heterocycles. The first kappa shape index (κ1) is 38.4. The molecule has 0 aromatic heterocycles. The summed E-state index contributed by atoms with van der Waals surface area (Å²) in [5.41, 5.74) is 0.